The van der Waals surface area contributed by atoms with Crippen LogP contribution in [0, 0.1) is 6.92 Å². The number of hydrogen-bond acceptors (Lipinski definition) is 3. The second-order valence-corrected chi connectivity index (χ2v) is 4.16. The third-order valence-electron chi connectivity index (χ3n) is 2.40. The first kappa shape index (κ1) is 10.8. The second kappa shape index (κ2) is 4.45. The van der Waals surface area contributed by atoms with Crippen molar-refractivity contribution in [3.8, 4) is 5.69 Å². The van der Waals surface area contributed by atoms with E-state index in [1.807, 2.05) is 23.7 Å². The minimum absolute atomic E-state index is 0.113. The second-order valence-electron chi connectivity index (χ2n) is 4.16. The standard InChI is InChI=1S/C12H16N4/c1-9-4-3-5-11(6-9)16-12(7-10(2)13)8-14-15-16/h3-6,8,10H,7,13H2,1-2H3. The van der Waals surface area contributed by atoms with Gasteiger partial charge in [-0.25, -0.2) is 4.68 Å². The Labute approximate surface area is 95.1 Å². The molecular weight excluding hydrogens is 200 g/mol. The summed E-state index contributed by atoms with van der Waals surface area (Å²) in [5, 5.41) is 8.03. The zero-order valence-corrected chi connectivity index (χ0v) is 9.59. The minimum atomic E-state index is 0.113. The molecule has 0 saturated heterocycles. The Balaban J connectivity index is 2.37. The lowest BCUT2D eigenvalue weighted by molar-refractivity contribution is 0.681. The van der Waals surface area contributed by atoms with Crippen molar-refractivity contribution in [2.75, 3.05) is 0 Å². The molecule has 0 aliphatic rings. The van der Waals surface area contributed by atoms with Gasteiger partial charge in [-0.2, -0.15) is 0 Å². The van der Waals surface area contributed by atoms with E-state index in [4.69, 9.17) is 5.73 Å². The number of nitrogens with two attached hydrogens (primary N) is 1. The Kier molecular flexibility index (Phi) is 3.01. The van der Waals surface area contributed by atoms with Crippen LogP contribution in [0.1, 0.15) is 18.2 Å². The summed E-state index contributed by atoms with van der Waals surface area (Å²) in [4.78, 5) is 0. The van der Waals surface area contributed by atoms with Crippen molar-refractivity contribution in [3.63, 3.8) is 0 Å². The molecule has 2 aromatic rings. The maximum absolute atomic E-state index is 5.79. The number of benzene rings is 1. The highest BCUT2D eigenvalue weighted by molar-refractivity contribution is 5.35. The average molecular weight is 216 g/mol. The number of aryl methyl sites for hydroxylation is 1. The van der Waals surface area contributed by atoms with Crippen molar-refractivity contribution in [2.45, 2.75) is 26.3 Å². The SMILES string of the molecule is Cc1cccc(-n2nncc2CC(C)N)c1. The Morgan fingerprint density at radius 1 is 1.44 bits per heavy atom. The molecule has 1 aromatic carbocycles. The fourth-order valence-corrected chi connectivity index (χ4v) is 1.70. The summed E-state index contributed by atoms with van der Waals surface area (Å²) in [6.07, 6.45) is 2.55. The first-order valence-electron chi connectivity index (χ1n) is 5.39. The quantitative estimate of drug-likeness (QED) is 0.845. The van der Waals surface area contributed by atoms with Gasteiger partial charge in [-0.3, -0.25) is 0 Å². The molecule has 2 N–H and O–H groups in total. The third-order valence-corrected chi connectivity index (χ3v) is 2.40. The predicted molar refractivity (Wildman–Crippen MR) is 63.4 cm³/mol. The zero-order valence-electron chi connectivity index (χ0n) is 9.59. The fraction of sp³-hybridized carbons (Fsp3) is 0.333. The lowest BCUT2D eigenvalue weighted by atomic mass is 10.2. The van der Waals surface area contributed by atoms with E-state index in [1.54, 1.807) is 6.20 Å². The van der Waals surface area contributed by atoms with Gasteiger partial charge >= 0.3 is 0 Å². The minimum Gasteiger partial charge on any atom is -0.328 e. The summed E-state index contributed by atoms with van der Waals surface area (Å²) in [6.45, 7) is 4.04. The average Bonchev–Trinajstić information content (AvgIpc) is 2.65. The molecular formula is C12H16N4. The van der Waals surface area contributed by atoms with Gasteiger partial charge < -0.3 is 5.73 Å². The van der Waals surface area contributed by atoms with Gasteiger partial charge in [0, 0.05) is 12.5 Å². The van der Waals surface area contributed by atoms with Gasteiger partial charge in [-0.1, -0.05) is 17.3 Å². The maximum atomic E-state index is 5.79. The van der Waals surface area contributed by atoms with Crippen molar-refractivity contribution in [3.05, 3.63) is 41.7 Å². The van der Waals surface area contributed by atoms with Gasteiger partial charge in [0.05, 0.1) is 17.6 Å². The highest BCUT2D eigenvalue weighted by Gasteiger charge is 2.07. The number of hydrogen-bond donors (Lipinski definition) is 1. The van der Waals surface area contributed by atoms with Crippen molar-refractivity contribution < 1.29 is 0 Å². The van der Waals surface area contributed by atoms with Gasteiger partial charge in [-0.05, 0) is 31.5 Å². The molecule has 0 bridgehead atoms. The monoisotopic (exact) mass is 216 g/mol. The van der Waals surface area contributed by atoms with Crippen LogP contribution in [0.15, 0.2) is 30.5 Å². The summed E-state index contributed by atoms with van der Waals surface area (Å²) in [7, 11) is 0. The van der Waals surface area contributed by atoms with Crippen LogP contribution in [-0.2, 0) is 6.42 Å². The Hall–Kier alpha value is -1.68. The van der Waals surface area contributed by atoms with Crippen LogP contribution >= 0.6 is 0 Å². The van der Waals surface area contributed by atoms with Crippen LogP contribution in [0.4, 0.5) is 0 Å². The van der Waals surface area contributed by atoms with Crippen LogP contribution in [0.5, 0.6) is 0 Å². The van der Waals surface area contributed by atoms with E-state index in [2.05, 4.69) is 29.4 Å². The maximum Gasteiger partial charge on any atom is 0.0730 e. The normalized spacial score (nSPS) is 12.7. The molecule has 4 heteroatoms. The van der Waals surface area contributed by atoms with Gasteiger partial charge in [0.25, 0.3) is 0 Å². The lowest BCUT2D eigenvalue weighted by Gasteiger charge is -2.08. The first-order chi connectivity index (χ1) is 7.66. The highest BCUT2D eigenvalue weighted by atomic mass is 15.4. The van der Waals surface area contributed by atoms with Gasteiger partial charge in [0.2, 0.25) is 0 Å². The molecule has 0 amide bonds. The highest BCUT2D eigenvalue weighted by Crippen LogP contribution is 2.12. The van der Waals surface area contributed by atoms with E-state index in [-0.39, 0.29) is 6.04 Å². The molecule has 0 saturated carbocycles. The molecule has 0 aliphatic heterocycles. The Morgan fingerprint density at radius 2 is 2.25 bits per heavy atom. The van der Waals surface area contributed by atoms with Crippen LogP contribution in [0.2, 0.25) is 0 Å². The number of rotatable bonds is 3. The molecule has 0 radical (unpaired) electrons. The largest absolute Gasteiger partial charge is 0.328 e. The van der Waals surface area contributed by atoms with Gasteiger partial charge in [0.1, 0.15) is 0 Å². The van der Waals surface area contributed by atoms with Crippen LogP contribution in [0.25, 0.3) is 5.69 Å². The van der Waals surface area contributed by atoms with E-state index in [9.17, 15) is 0 Å². The Bertz CT molecular complexity index is 473. The molecule has 1 atom stereocenters. The summed E-state index contributed by atoms with van der Waals surface area (Å²) < 4.78 is 1.84. The lowest BCUT2D eigenvalue weighted by Crippen LogP contribution is -2.19. The third kappa shape index (κ3) is 2.28. The molecule has 0 aliphatic carbocycles. The number of nitrogens with zero attached hydrogens (tertiary/aromatic N) is 3. The molecule has 84 valence electrons. The van der Waals surface area contributed by atoms with Crippen molar-refractivity contribution in [2.24, 2.45) is 5.73 Å². The zero-order chi connectivity index (χ0) is 11.5. The topological polar surface area (TPSA) is 56.7 Å². The Morgan fingerprint density at radius 3 is 2.94 bits per heavy atom. The summed E-state index contributed by atoms with van der Waals surface area (Å²) in [5.41, 5.74) is 9.08. The van der Waals surface area contributed by atoms with Crippen LogP contribution in [0.3, 0.4) is 0 Å². The van der Waals surface area contributed by atoms with Crippen LogP contribution in [-0.4, -0.2) is 21.0 Å². The van der Waals surface area contributed by atoms with Gasteiger partial charge in [-0.15, -0.1) is 5.10 Å². The molecule has 1 heterocycles. The molecule has 0 spiro atoms. The van der Waals surface area contributed by atoms with Crippen molar-refractivity contribution in [1.29, 1.82) is 0 Å². The van der Waals surface area contributed by atoms with Gasteiger partial charge in [0.15, 0.2) is 0 Å². The van der Waals surface area contributed by atoms with Crippen molar-refractivity contribution >= 4 is 0 Å². The smallest absolute Gasteiger partial charge is 0.0730 e. The van der Waals surface area contributed by atoms with E-state index in [1.165, 1.54) is 5.56 Å². The van der Waals surface area contributed by atoms with E-state index < -0.39 is 0 Å². The molecule has 2 rings (SSSR count). The predicted octanol–water partition coefficient (Wildman–Crippen LogP) is 1.47. The van der Waals surface area contributed by atoms with Crippen LogP contribution < -0.4 is 5.73 Å². The summed E-state index contributed by atoms with van der Waals surface area (Å²) >= 11 is 0. The summed E-state index contributed by atoms with van der Waals surface area (Å²) in [5.74, 6) is 0. The fourth-order valence-electron chi connectivity index (χ4n) is 1.70. The van der Waals surface area contributed by atoms with E-state index >= 15 is 0 Å². The van der Waals surface area contributed by atoms with E-state index in [0.29, 0.717) is 0 Å². The molecule has 1 unspecified atom stereocenters. The molecule has 0 fully saturated rings. The summed E-state index contributed by atoms with van der Waals surface area (Å²) in [6, 6.07) is 8.29. The molecule has 16 heavy (non-hydrogen) atoms. The van der Waals surface area contributed by atoms with Crippen molar-refractivity contribution in [1.82, 2.24) is 15.0 Å². The van der Waals surface area contributed by atoms with E-state index in [0.717, 1.165) is 17.8 Å². The number of aromatic nitrogens is 3. The molecule has 1 aromatic heterocycles. The first-order valence-corrected chi connectivity index (χ1v) is 5.39. The molecule has 4 nitrogen and oxygen atoms in total.